The molecule has 8 heteroatoms. The van der Waals surface area contributed by atoms with E-state index in [9.17, 15) is 0 Å². The molecule has 1 atom stereocenters. The van der Waals surface area contributed by atoms with Gasteiger partial charge in [0.25, 0.3) is 0 Å². The Balaban J connectivity index is 1.82. The number of hydrogen-bond acceptors (Lipinski definition) is 5. The predicted molar refractivity (Wildman–Crippen MR) is 104 cm³/mol. The predicted octanol–water partition coefficient (Wildman–Crippen LogP) is 1.45. The van der Waals surface area contributed by atoms with Gasteiger partial charge in [-0.05, 0) is 20.5 Å². The summed E-state index contributed by atoms with van der Waals surface area (Å²) in [4.78, 5) is 12.3. The lowest BCUT2D eigenvalue weighted by molar-refractivity contribution is 0.298. The summed E-state index contributed by atoms with van der Waals surface area (Å²) in [5.74, 6) is 0.808. The van der Waals surface area contributed by atoms with E-state index in [-0.39, 0.29) is 6.04 Å². The fourth-order valence-electron chi connectivity index (χ4n) is 2.54. The molecule has 25 heavy (non-hydrogen) atoms. The molecule has 1 unspecified atom stereocenters. The standard InChI is InChI=1S/C17H29N7S/c1-6-14-10-20-16(25-14)7-8-19-17(18-2)21-11-15(23(3)4)13-9-22-24(5)12-13/h9-10,12,15H,6-8,11H2,1-5H3,(H2,18,19,21). The molecule has 0 amide bonds. The van der Waals surface area contributed by atoms with E-state index in [1.807, 2.05) is 24.1 Å². The molecule has 0 saturated carbocycles. The summed E-state index contributed by atoms with van der Waals surface area (Å²) in [7, 11) is 7.88. The number of rotatable bonds is 8. The summed E-state index contributed by atoms with van der Waals surface area (Å²) in [5.41, 5.74) is 1.19. The molecule has 0 spiro atoms. The minimum absolute atomic E-state index is 0.235. The van der Waals surface area contributed by atoms with E-state index in [4.69, 9.17) is 0 Å². The Hall–Kier alpha value is -1.93. The van der Waals surface area contributed by atoms with Gasteiger partial charge in [-0.3, -0.25) is 9.67 Å². The SMILES string of the molecule is CCc1cnc(CCNC(=NC)NCC(c2cnn(C)c2)N(C)C)s1. The van der Waals surface area contributed by atoms with Crippen LogP contribution in [0.25, 0.3) is 0 Å². The van der Waals surface area contributed by atoms with Crippen molar-refractivity contribution in [2.24, 2.45) is 12.0 Å². The molecule has 0 bridgehead atoms. The Bertz CT molecular complexity index is 674. The van der Waals surface area contributed by atoms with Crippen molar-refractivity contribution in [1.82, 2.24) is 30.3 Å². The number of aryl methyl sites for hydroxylation is 2. The zero-order valence-electron chi connectivity index (χ0n) is 15.8. The van der Waals surface area contributed by atoms with Gasteiger partial charge in [0.15, 0.2) is 5.96 Å². The van der Waals surface area contributed by atoms with Crippen LogP contribution in [0, 0.1) is 0 Å². The number of guanidine groups is 1. The van der Waals surface area contributed by atoms with Crippen molar-refractivity contribution in [3.05, 3.63) is 34.0 Å². The lowest BCUT2D eigenvalue weighted by atomic mass is 10.1. The van der Waals surface area contributed by atoms with Crippen LogP contribution in [0.15, 0.2) is 23.6 Å². The third-order valence-electron chi connectivity index (χ3n) is 4.00. The number of aromatic nitrogens is 3. The van der Waals surface area contributed by atoms with E-state index in [0.29, 0.717) is 0 Å². The van der Waals surface area contributed by atoms with Crippen molar-refractivity contribution >= 4 is 17.3 Å². The summed E-state index contributed by atoms with van der Waals surface area (Å²) < 4.78 is 1.83. The van der Waals surface area contributed by atoms with Crippen molar-refractivity contribution in [3.63, 3.8) is 0 Å². The Morgan fingerprint density at radius 3 is 2.72 bits per heavy atom. The quantitative estimate of drug-likeness (QED) is 0.549. The maximum atomic E-state index is 4.45. The number of nitrogens with one attached hydrogen (secondary N) is 2. The second-order valence-electron chi connectivity index (χ2n) is 6.13. The van der Waals surface area contributed by atoms with E-state index in [2.05, 4.69) is 57.8 Å². The minimum atomic E-state index is 0.235. The molecule has 2 heterocycles. The molecule has 2 rings (SSSR count). The van der Waals surface area contributed by atoms with E-state index in [0.717, 1.165) is 31.9 Å². The Labute approximate surface area is 154 Å². The number of aliphatic imine (C=N–C) groups is 1. The average molecular weight is 364 g/mol. The first-order chi connectivity index (χ1) is 12.0. The highest BCUT2D eigenvalue weighted by molar-refractivity contribution is 7.11. The number of thiazole rings is 1. The van der Waals surface area contributed by atoms with E-state index in [1.54, 1.807) is 18.4 Å². The monoisotopic (exact) mass is 363 g/mol. The highest BCUT2D eigenvalue weighted by Gasteiger charge is 2.16. The highest BCUT2D eigenvalue weighted by Crippen LogP contribution is 2.16. The van der Waals surface area contributed by atoms with E-state index in [1.165, 1.54) is 15.4 Å². The first kappa shape index (κ1) is 19.4. The van der Waals surface area contributed by atoms with E-state index < -0.39 is 0 Å². The van der Waals surface area contributed by atoms with Crippen LogP contribution in [0.1, 0.15) is 28.4 Å². The molecule has 138 valence electrons. The van der Waals surface area contributed by atoms with Gasteiger partial charge in [-0.1, -0.05) is 6.92 Å². The Morgan fingerprint density at radius 1 is 1.36 bits per heavy atom. The van der Waals surface area contributed by atoms with Gasteiger partial charge < -0.3 is 15.5 Å². The second kappa shape index (κ2) is 9.53. The third-order valence-corrected chi connectivity index (χ3v) is 5.20. The molecule has 0 radical (unpaired) electrons. The molecule has 0 aromatic carbocycles. The maximum absolute atomic E-state index is 4.45. The van der Waals surface area contributed by atoms with Crippen LogP contribution in [0.3, 0.4) is 0 Å². The molecule has 0 aliphatic heterocycles. The summed E-state index contributed by atoms with van der Waals surface area (Å²) in [6, 6.07) is 0.235. The molecule has 2 aromatic rings. The normalized spacial score (nSPS) is 13.3. The zero-order chi connectivity index (χ0) is 18.2. The molecule has 0 saturated heterocycles. The summed E-state index contributed by atoms with van der Waals surface area (Å²) in [5, 5.41) is 12.2. The van der Waals surface area contributed by atoms with Crippen LogP contribution in [0.4, 0.5) is 0 Å². The van der Waals surface area contributed by atoms with Gasteiger partial charge in [-0.25, -0.2) is 4.98 Å². The van der Waals surface area contributed by atoms with Crippen LogP contribution >= 0.6 is 11.3 Å². The zero-order valence-corrected chi connectivity index (χ0v) is 16.6. The van der Waals surface area contributed by atoms with Gasteiger partial charge in [-0.2, -0.15) is 5.10 Å². The van der Waals surface area contributed by atoms with Crippen LogP contribution in [0.5, 0.6) is 0 Å². The number of hydrogen-bond donors (Lipinski definition) is 2. The van der Waals surface area contributed by atoms with Crippen LogP contribution in [-0.4, -0.2) is 59.9 Å². The third kappa shape index (κ3) is 5.82. The van der Waals surface area contributed by atoms with Crippen LogP contribution in [-0.2, 0) is 19.9 Å². The van der Waals surface area contributed by atoms with Gasteiger partial charge in [-0.15, -0.1) is 11.3 Å². The molecule has 7 nitrogen and oxygen atoms in total. The lowest BCUT2D eigenvalue weighted by Crippen LogP contribution is -2.42. The smallest absolute Gasteiger partial charge is 0.191 e. The molecular formula is C17H29N7S. The Morgan fingerprint density at radius 2 is 2.16 bits per heavy atom. The molecule has 2 N–H and O–H groups in total. The Kier molecular flexibility index (Phi) is 7.39. The highest BCUT2D eigenvalue weighted by atomic mass is 32.1. The van der Waals surface area contributed by atoms with Crippen molar-refractivity contribution in [3.8, 4) is 0 Å². The van der Waals surface area contributed by atoms with Crippen molar-refractivity contribution < 1.29 is 0 Å². The number of likely N-dealkylation sites (N-methyl/N-ethyl adjacent to an activating group) is 1. The maximum Gasteiger partial charge on any atom is 0.191 e. The molecular weight excluding hydrogens is 334 g/mol. The van der Waals surface area contributed by atoms with Crippen molar-refractivity contribution in [1.29, 1.82) is 0 Å². The minimum Gasteiger partial charge on any atom is -0.356 e. The van der Waals surface area contributed by atoms with Gasteiger partial charge in [0.05, 0.1) is 17.2 Å². The van der Waals surface area contributed by atoms with Crippen molar-refractivity contribution in [2.75, 3.05) is 34.2 Å². The van der Waals surface area contributed by atoms with Crippen LogP contribution < -0.4 is 10.6 Å². The first-order valence-corrected chi connectivity index (χ1v) is 9.38. The summed E-state index contributed by atoms with van der Waals surface area (Å²) in [6.07, 6.45) is 7.90. The van der Waals surface area contributed by atoms with E-state index >= 15 is 0 Å². The molecule has 0 aliphatic carbocycles. The van der Waals surface area contributed by atoms with Gasteiger partial charge in [0.1, 0.15) is 0 Å². The molecule has 0 fully saturated rings. The van der Waals surface area contributed by atoms with Gasteiger partial charge in [0, 0.05) is 56.4 Å². The largest absolute Gasteiger partial charge is 0.356 e. The van der Waals surface area contributed by atoms with Crippen LogP contribution in [0.2, 0.25) is 0 Å². The topological polar surface area (TPSA) is 70.4 Å². The fraction of sp³-hybridized carbons (Fsp3) is 0.588. The summed E-state index contributed by atoms with van der Waals surface area (Å²) >= 11 is 1.79. The number of nitrogens with zero attached hydrogens (tertiary/aromatic N) is 5. The molecule has 0 aliphatic rings. The lowest BCUT2D eigenvalue weighted by Gasteiger charge is -2.24. The van der Waals surface area contributed by atoms with Gasteiger partial charge in [0.2, 0.25) is 0 Å². The summed E-state index contributed by atoms with van der Waals surface area (Å²) in [6.45, 7) is 3.73. The molecule has 2 aromatic heterocycles. The fourth-order valence-corrected chi connectivity index (χ4v) is 3.40. The van der Waals surface area contributed by atoms with Crippen molar-refractivity contribution in [2.45, 2.75) is 25.8 Å². The first-order valence-electron chi connectivity index (χ1n) is 8.56. The second-order valence-corrected chi connectivity index (χ2v) is 7.33. The average Bonchev–Trinajstić information content (AvgIpc) is 3.22. The van der Waals surface area contributed by atoms with Gasteiger partial charge >= 0.3 is 0 Å².